The van der Waals surface area contributed by atoms with Gasteiger partial charge in [-0.2, -0.15) is 0 Å². The van der Waals surface area contributed by atoms with Gasteiger partial charge in [0, 0.05) is 5.41 Å². The van der Waals surface area contributed by atoms with E-state index in [1.165, 1.54) is 83.5 Å². The zero-order chi connectivity index (χ0) is 15.3. The second-order valence-corrected chi connectivity index (χ2v) is 12.6. The number of hydrogen-bond donors (Lipinski definition) is 0. The van der Waals surface area contributed by atoms with Gasteiger partial charge in [-0.15, -0.1) is 0 Å². The Balaban J connectivity index is 1.42. The highest BCUT2D eigenvalue weighted by Crippen LogP contribution is 2.86. The van der Waals surface area contributed by atoms with E-state index in [9.17, 15) is 0 Å². The van der Waals surface area contributed by atoms with Crippen molar-refractivity contribution < 1.29 is 0 Å². The summed E-state index contributed by atoms with van der Waals surface area (Å²) < 4.78 is 0.307. The molecule has 0 nitrogen and oxygen atoms in total. The van der Waals surface area contributed by atoms with E-state index >= 15 is 0 Å². The van der Waals surface area contributed by atoms with Gasteiger partial charge < -0.3 is 0 Å². The fraction of sp³-hybridized carbons (Fsp3) is 1.00. The summed E-state index contributed by atoms with van der Waals surface area (Å²) in [4.78, 5) is 0. The van der Waals surface area contributed by atoms with Crippen LogP contribution in [-0.2, 0) is 0 Å². The minimum atomic E-state index is 0.307. The molecule has 2 bridgehead atoms. The van der Waals surface area contributed by atoms with Gasteiger partial charge in [0.15, 0.2) is 0 Å². The Bertz CT molecular complexity index is 418. The molecular weight excluding hydrogens is 400 g/mol. The summed E-state index contributed by atoms with van der Waals surface area (Å²) in [6, 6.07) is 0. The Morgan fingerprint density at radius 1 is 0.591 bits per heavy atom. The van der Waals surface area contributed by atoms with E-state index in [4.69, 9.17) is 0 Å². The van der Waals surface area contributed by atoms with E-state index in [2.05, 4.69) is 31.9 Å². The van der Waals surface area contributed by atoms with E-state index in [0.717, 1.165) is 17.3 Å². The molecule has 0 heterocycles. The van der Waals surface area contributed by atoms with Crippen LogP contribution in [0.25, 0.3) is 0 Å². The molecular formula is C20H32Br2. The molecule has 4 unspecified atom stereocenters. The third kappa shape index (κ3) is 2.67. The maximum Gasteiger partial charge on any atom is 0.0899 e. The average molecular weight is 432 g/mol. The van der Waals surface area contributed by atoms with Crippen LogP contribution in [0.4, 0.5) is 0 Å². The van der Waals surface area contributed by atoms with Crippen LogP contribution in [0.5, 0.6) is 0 Å². The summed E-state index contributed by atoms with van der Waals surface area (Å²) in [5, 5.41) is 0. The number of alkyl halides is 2. The van der Waals surface area contributed by atoms with E-state index in [1.54, 1.807) is 12.8 Å². The van der Waals surface area contributed by atoms with Gasteiger partial charge in [0.2, 0.25) is 0 Å². The first-order chi connectivity index (χ1) is 10.6. The lowest BCUT2D eigenvalue weighted by Crippen LogP contribution is -2.19. The molecule has 4 atom stereocenters. The van der Waals surface area contributed by atoms with Crippen LogP contribution in [0.2, 0.25) is 0 Å². The predicted octanol–water partition coefficient (Wildman–Crippen LogP) is 7.58. The zero-order valence-corrected chi connectivity index (χ0v) is 17.2. The van der Waals surface area contributed by atoms with Crippen molar-refractivity contribution in [2.75, 3.05) is 0 Å². The van der Waals surface area contributed by atoms with Crippen LogP contribution in [0, 0.1) is 22.7 Å². The van der Waals surface area contributed by atoms with Gasteiger partial charge >= 0.3 is 0 Å². The van der Waals surface area contributed by atoms with E-state index < -0.39 is 0 Å². The minimum Gasteiger partial charge on any atom is -0.0718 e. The van der Waals surface area contributed by atoms with Gasteiger partial charge in [0.05, 0.1) is 3.23 Å². The van der Waals surface area contributed by atoms with Crippen LogP contribution in [0.15, 0.2) is 0 Å². The molecule has 5 rings (SSSR count). The maximum absolute atomic E-state index is 4.10. The molecule has 0 aromatic heterocycles. The monoisotopic (exact) mass is 430 g/mol. The molecule has 2 spiro atoms. The molecule has 5 saturated carbocycles. The van der Waals surface area contributed by atoms with Crippen molar-refractivity contribution in [1.82, 2.24) is 0 Å². The van der Waals surface area contributed by atoms with Crippen molar-refractivity contribution in [3.63, 3.8) is 0 Å². The van der Waals surface area contributed by atoms with Gasteiger partial charge in [0.25, 0.3) is 0 Å². The molecule has 0 radical (unpaired) electrons. The normalized spacial score (nSPS) is 48.3. The van der Waals surface area contributed by atoms with Crippen molar-refractivity contribution in [3.8, 4) is 0 Å². The fourth-order valence-electron chi connectivity index (χ4n) is 6.19. The summed E-state index contributed by atoms with van der Waals surface area (Å²) in [7, 11) is 0. The van der Waals surface area contributed by atoms with Gasteiger partial charge in [-0.1, -0.05) is 96.1 Å². The van der Waals surface area contributed by atoms with Crippen molar-refractivity contribution in [2.45, 2.75) is 99.5 Å². The van der Waals surface area contributed by atoms with Crippen LogP contribution in [0.1, 0.15) is 96.3 Å². The highest BCUT2D eigenvalue weighted by Gasteiger charge is 2.80. The fourth-order valence-corrected chi connectivity index (χ4v) is 8.44. The minimum absolute atomic E-state index is 0.307. The van der Waals surface area contributed by atoms with Crippen LogP contribution in [-0.4, -0.2) is 3.23 Å². The van der Waals surface area contributed by atoms with E-state index in [-0.39, 0.29) is 0 Å². The first-order valence-electron chi connectivity index (χ1n) is 9.99. The lowest BCUT2D eigenvalue weighted by atomic mass is 9.77. The van der Waals surface area contributed by atoms with E-state index in [1.807, 2.05) is 0 Å². The van der Waals surface area contributed by atoms with Crippen molar-refractivity contribution in [3.05, 3.63) is 0 Å². The van der Waals surface area contributed by atoms with Crippen molar-refractivity contribution in [1.29, 1.82) is 0 Å². The standard InChI is InChI=1S/C20H32Br2/c21-20(22)17-15-18-11-9-7-5-3-1-2-4-6-8-10-12-19(17,20)14-16(18)13-18/h16-17H,1-15H2. The van der Waals surface area contributed by atoms with Gasteiger partial charge in [-0.3, -0.25) is 0 Å². The Hall–Kier alpha value is 0.960. The molecule has 5 aliphatic rings. The summed E-state index contributed by atoms with van der Waals surface area (Å²) >= 11 is 8.20. The SMILES string of the molecule is BrC1(Br)C2CC34CCCCCCCCCCCCC21CC3C4. The third-order valence-electron chi connectivity index (χ3n) is 7.81. The zero-order valence-electron chi connectivity index (χ0n) is 14.0. The lowest BCUT2D eigenvalue weighted by Gasteiger charge is -2.28. The Morgan fingerprint density at radius 2 is 1.14 bits per heavy atom. The molecule has 5 aliphatic carbocycles. The van der Waals surface area contributed by atoms with Gasteiger partial charge in [0.1, 0.15) is 0 Å². The van der Waals surface area contributed by atoms with E-state index in [0.29, 0.717) is 8.65 Å². The van der Waals surface area contributed by atoms with Gasteiger partial charge in [-0.25, -0.2) is 0 Å². The van der Waals surface area contributed by atoms with Crippen LogP contribution < -0.4 is 0 Å². The summed E-state index contributed by atoms with van der Waals surface area (Å²) in [6.45, 7) is 0. The molecule has 0 aromatic carbocycles. The largest absolute Gasteiger partial charge is 0.0899 e. The number of halogens is 2. The van der Waals surface area contributed by atoms with Crippen molar-refractivity contribution >= 4 is 31.9 Å². The third-order valence-corrected chi connectivity index (χ3v) is 10.5. The van der Waals surface area contributed by atoms with Crippen LogP contribution >= 0.6 is 31.9 Å². The first-order valence-corrected chi connectivity index (χ1v) is 11.6. The number of rotatable bonds is 0. The predicted molar refractivity (Wildman–Crippen MR) is 102 cm³/mol. The average Bonchev–Trinajstić information content (AvgIpc) is 3.30. The molecule has 2 heteroatoms. The molecule has 126 valence electrons. The smallest absolute Gasteiger partial charge is 0.0718 e. The van der Waals surface area contributed by atoms with Crippen molar-refractivity contribution in [2.24, 2.45) is 22.7 Å². The molecule has 0 aromatic rings. The van der Waals surface area contributed by atoms with Gasteiger partial charge in [-0.05, 0) is 49.4 Å². The Kier molecular flexibility index (Phi) is 4.51. The molecule has 0 amide bonds. The molecule has 0 N–H and O–H groups in total. The summed E-state index contributed by atoms with van der Waals surface area (Å²) in [5.41, 5.74) is 1.41. The summed E-state index contributed by atoms with van der Waals surface area (Å²) in [6.07, 6.45) is 22.5. The lowest BCUT2D eigenvalue weighted by molar-refractivity contribution is 0.220. The molecule has 5 fully saturated rings. The number of hydrogen-bond acceptors (Lipinski definition) is 0. The number of fused-ring (bicyclic) bond motifs is 11. The highest BCUT2D eigenvalue weighted by atomic mass is 79.9. The second kappa shape index (κ2) is 6.04. The quantitative estimate of drug-likeness (QED) is 0.346. The maximum atomic E-state index is 4.10. The molecule has 0 aliphatic heterocycles. The topological polar surface area (TPSA) is 0 Å². The highest BCUT2D eigenvalue weighted by molar-refractivity contribution is 9.25. The molecule has 22 heavy (non-hydrogen) atoms. The Morgan fingerprint density at radius 3 is 1.77 bits per heavy atom. The summed E-state index contributed by atoms with van der Waals surface area (Å²) in [5.74, 6) is 2.00. The van der Waals surface area contributed by atoms with Crippen LogP contribution in [0.3, 0.4) is 0 Å². The molecule has 0 saturated heterocycles. The first kappa shape index (κ1) is 16.4. The second-order valence-electron chi connectivity index (χ2n) is 9.04. The Labute approximate surface area is 153 Å².